The Kier molecular flexibility index (Phi) is 4.83. The molecule has 0 aromatic heterocycles. The normalized spacial score (nSPS) is 28.8. The SMILES string of the molecule is Cc1ccc2c(c1)C1C(C2)C2CC1C(OC(=O)c1ccccc1)C2OC(=O)c1ccccc1. The fourth-order valence-electron chi connectivity index (χ4n) is 6.47. The highest BCUT2D eigenvalue weighted by molar-refractivity contribution is 5.90. The molecule has 33 heavy (non-hydrogen) atoms. The highest BCUT2D eigenvalue weighted by Gasteiger charge is 2.63. The van der Waals surface area contributed by atoms with Crippen LogP contribution in [0.15, 0.2) is 78.9 Å². The highest BCUT2D eigenvalue weighted by atomic mass is 16.6. The van der Waals surface area contributed by atoms with Crippen LogP contribution in [0.5, 0.6) is 0 Å². The molecule has 0 aliphatic heterocycles. The first kappa shape index (κ1) is 20.2. The van der Waals surface area contributed by atoms with E-state index >= 15 is 0 Å². The lowest BCUT2D eigenvalue weighted by Gasteiger charge is -2.37. The summed E-state index contributed by atoms with van der Waals surface area (Å²) >= 11 is 0. The summed E-state index contributed by atoms with van der Waals surface area (Å²) in [5, 5.41) is 0. The van der Waals surface area contributed by atoms with Crippen molar-refractivity contribution in [3.63, 3.8) is 0 Å². The van der Waals surface area contributed by atoms with Gasteiger partial charge in [0.25, 0.3) is 0 Å². The minimum absolute atomic E-state index is 0.157. The van der Waals surface area contributed by atoms with Gasteiger partial charge in [0.15, 0.2) is 0 Å². The minimum atomic E-state index is -0.442. The van der Waals surface area contributed by atoms with E-state index in [4.69, 9.17) is 9.47 Å². The van der Waals surface area contributed by atoms with Crippen molar-refractivity contribution in [2.45, 2.75) is 37.9 Å². The fraction of sp³-hybridized carbons (Fsp3) is 0.310. The largest absolute Gasteiger partial charge is 0.455 e. The Balaban J connectivity index is 1.32. The van der Waals surface area contributed by atoms with Crippen molar-refractivity contribution in [1.82, 2.24) is 0 Å². The molecule has 0 radical (unpaired) electrons. The molecule has 0 amide bonds. The van der Waals surface area contributed by atoms with Gasteiger partial charge in [0.2, 0.25) is 0 Å². The van der Waals surface area contributed by atoms with Crippen LogP contribution in [0.25, 0.3) is 0 Å². The summed E-state index contributed by atoms with van der Waals surface area (Å²) in [5.41, 5.74) is 5.07. The number of carbonyl (C=O) groups excluding carboxylic acids is 2. The lowest BCUT2D eigenvalue weighted by atomic mass is 9.76. The predicted octanol–water partition coefficient (Wildman–Crippen LogP) is 5.35. The van der Waals surface area contributed by atoms with Gasteiger partial charge in [-0.15, -0.1) is 0 Å². The maximum absolute atomic E-state index is 13.0. The molecule has 6 rings (SSSR count). The van der Waals surface area contributed by atoms with Crippen LogP contribution in [0, 0.1) is 24.7 Å². The Morgan fingerprint density at radius 2 is 1.30 bits per heavy atom. The fourth-order valence-corrected chi connectivity index (χ4v) is 6.47. The van der Waals surface area contributed by atoms with Crippen molar-refractivity contribution in [2.75, 3.05) is 0 Å². The summed E-state index contributed by atoms with van der Waals surface area (Å²) in [6.45, 7) is 2.12. The third-order valence-electron chi connectivity index (χ3n) is 7.81. The molecule has 3 aromatic carbocycles. The van der Waals surface area contributed by atoms with E-state index in [9.17, 15) is 9.59 Å². The van der Waals surface area contributed by atoms with E-state index in [0.717, 1.165) is 12.8 Å². The van der Waals surface area contributed by atoms with E-state index < -0.39 is 12.2 Å². The van der Waals surface area contributed by atoms with Crippen LogP contribution < -0.4 is 0 Å². The van der Waals surface area contributed by atoms with Crippen molar-refractivity contribution in [1.29, 1.82) is 0 Å². The highest BCUT2D eigenvalue weighted by Crippen LogP contribution is 2.62. The Morgan fingerprint density at radius 3 is 1.91 bits per heavy atom. The Labute approximate surface area is 193 Å². The van der Waals surface area contributed by atoms with Crippen LogP contribution in [0.3, 0.4) is 0 Å². The number of rotatable bonds is 4. The lowest BCUT2D eigenvalue weighted by Crippen LogP contribution is -2.45. The van der Waals surface area contributed by atoms with Gasteiger partial charge in [-0.1, -0.05) is 60.2 Å². The molecule has 166 valence electrons. The van der Waals surface area contributed by atoms with Crippen molar-refractivity contribution in [3.05, 3.63) is 107 Å². The average Bonchev–Trinajstić information content (AvgIpc) is 3.50. The van der Waals surface area contributed by atoms with E-state index in [1.54, 1.807) is 24.3 Å². The molecular weight excluding hydrogens is 412 g/mol. The van der Waals surface area contributed by atoms with Crippen molar-refractivity contribution >= 4 is 11.9 Å². The molecule has 4 nitrogen and oxygen atoms in total. The molecule has 0 N–H and O–H groups in total. The van der Waals surface area contributed by atoms with E-state index in [1.807, 2.05) is 36.4 Å². The summed E-state index contributed by atoms with van der Waals surface area (Å²) < 4.78 is 12.2. The van der Waals surface area contributed by atoms with Gasteiger partial charge < -0.3 is 9.47 Å². The molecule has 0 heterocycles. The molecule has 3 aliphatic rings. The molecule has 3 aromatic rings. The summed E-state index contributed by atoms with van der Waals surface area (Å²) in [4.78, 5) is 26.0. The topological polar surface area (TPSA) is 52.6 Å². The number of fused-ring (bicyclic) bond motifs is 7. The number of esters is 2. The molecule has 6 unspecified atom stereocenters. The van der Waals surface area contributed by atoms with E-state index in [2.05, 4.69) is 25.1 Å². The summed E-state index contributed by atoms with van der Waals surface area (Å²) in [7, 11) is 0. The standard InChI is InChI=1S/C29H26O4/c1-17-12-13-20-15-22-23-16-24(25(22)21(20)14-17)27(33-29(31)19-10-6-3-7-11-19)26(23)32-28(30)18-8-4-2-5-9-18/h2-14,22-27H,15-16H2,1H3. The van der Waals surface area contributed by atoms with Crippen LogP contribution in [-0.4, -0.2) is 24.1 Å². The minimum Gasteiger partial charge on any atom is -0.455 e. The number of carbonyl (C=O) groups is 2. The summed E-state index contributed by atoms with van der Waals surface area (Å²) in [5.74, 6) is 0.417. The van der Waals surface area contributed by atoms with Gasteiger partial charge in [-0.3, -0.25) is 0 Å². The van der Waals surface area contributed by atoms with Gasteiger partial charge in [-0.05, 0) is 67.0 Å². The number of benzene rings is 3. The Hall–Kier alpha value is -3.40. The lowest BCUT2D eigenvalue weighted by molar-refractivity contribution is -0.0698. The van der Waals surface area contributed by atoms with Crippen molar-refractivity contribution in [2.24, 2.45) is 17.8 Å². The van der Waals surface area contributed by atoms with Crippen molar-refractivity contribution < 1.29 is 19.1 Å². The molecule has 0 spiro atoms. The first-order valence-corrected chi connectivity index (χ1v) is 11.7. The zero-order chi connectivity index (χ0) is 22.5. The molecular formula is C29H26O4. The molecule has 0 saturated heterocycles. The van der Waals surface area contributed by atoms with Crippen LogP contribution in [0.1, 0.15) is 49.7 Å². The number of hydrogen-bond donors (Lipinski definition) is 0. The summed E-state index contributed by atoms with van der Waals surface area (Å²) in [6.07, 6.45) is 1.05. The molecule has 4 heteroatoms. The number of aryl methyl sites for hydroxylation is 1. The predicted molar refractivity (Wildman–Crippen MR) is 124 cm³/mol. The van der Waals surface area contributed by atoms with Crippen LogP contribution in [0.2, 0.25) is 0 Å². The van der Waals surface area contributed by atoms with Crippen LogP contribution >= 0.6 is 0 Å². The quantitative estimate of drug-likeness (QED) is 0.515. The first-order chi connectivity index (χ1) is 16.1. The molecule has 3 aliphatic carbocycles. The smallest absolute Gasteiger partial charge is 0.338 e. The number of ether oxygens (including phenoxy) is 2. The Bertz CT molecular complexity index is 1200. The van der Waals surface area contributed by atoms with E-state index in [-0.39, 0.29) is 23.8 Å². The van der Waals surface area contributed by atoms with Crippen LogP contribution in [0.4, 0.5) is 0 Å². The van der Waals surface area contributed by atoms with Gasteiger partial charge in [0, 0.05) is 11.8 Å². The average molecular weight is 439 g/mol. The monoisotopic (exact) mass is 438 g/mol. The maximum Gasteiger partial charge on any atom is 0.338 e. The van der Waals surface area contributed by atoms with Gasteiger partial charge in [-0.25, -0.2) is 9.59 Å². The third kappa shape index (κ3) is 3.36. The molecule has 6 atom stereocenters. The number of hydrogen-bond acceptors (Lipinski definition) is 4. The molecule has 2 bridgehead atoms. The molecule has 2 fully saturated rings. The molecule has 2 saturated carbocycles. The van der Waals surface area contributed by atoms with Gasteiger partial charge in [0.05, 0.1) is 11.1 Å². The van der Waals surface area contributed by atoms with Gasteiger partial charge in [-0.2, -0.15) is 0 Å². The Morgan fingerprint density at radius 1 is 0.727 bits per heavy atom. The second-order valence-corrected chi connectivity index (χ2v) is 9.63. The zero-order valence-electron chi connectivity index (χ0n) is 18.5. The van der Waals surface area contributed by atoms with Gasteiger partial charge >= 0.3 is 11.9 Å². The van der Waals surface area contributed by atoms with Gasteiger partial charge in [0.1, 0.15) is 12.2 Å². The van der Waals surface area contributed by atoms with Crippen LogP contribution in [-0.2, 0) is 15.9 Å². The maximum atomic E-state index is 13.0. The zero-order valence-corrected chi connectivity index (χ0v) is 18.5. The third-order valence-corrected chi connectivity index (χ3v) is 7.81. The first-order valence-electron chi connectivity index (χ1n) is 11.7. The van der Waals surface area contributed by atoms with E-state index in [0.29, 0.717) is 23.0 Å². The van der Waals surface area contributed by atoms with E-state index in [1.165, 1.54) is 16.7 Å². The second kappa shape index (κ2) is 7.87. The van der Waals surface area contributed by atoms with Crippen molar-refractivity contribution in [3.8, 4) is 0 Å². The second-order valence-electron chi connectivity index (χ2n) is 9.63. The summed E-state index contributed by atoms with van der Waals surface area (Å²) in [6, 6.07) is 24.8.